The van der Waals surface area contributed by atoms with Crippen LogP contribution in [-0.2, 0) is 4.74 Å². The number of nitrogens with one attached hydrogen (secondary N) is 1. The second-order valence-electron chi connectivity index (χ2n) is 3.48. The molecule has 0 spiro atoms. The lowest BCUT2D eigenvalue weighted by atomic mass is 10.4. The average molecular weight is 299 g/mol. The largest absolute Gasteiger partial charge is 0.462 e. The molecule has 0 atom stereocenters. The molecule has 0 unspecified atom stereocenters. The maximum absolute atomic E-state index is 11.7. The molecule has 0 aromatic carbocycles. The zero-order valence-corrected chi connectivity index (χ0v) is 11.9. The molecular weight excluding hydrogens is 288 g/mol. The van der Waals surface area contributed by atoms with E-state index in [2.05, 4.69) is 20.3 Å². The van der Waals surface area contributed by atoms with Crippen LogP contribution >= 0.6 is 22.9 Å². The molecular formula is C11H11ClN4O2S. The number of halogens is 1. The van der Waals surface area contributed by atoms with Crippen molar-refractivity contribution in [3.05, 3.63) is 28.0 Å². The summed E-state index contributed by atoms with van der Waals surface area (Å²) >= 11 is 6.95. The van der Waals surface area contributed by atoms with E-state index in [1.165, 1.54) is 17.5 Å². The van der Waals surface area contributed by atoms with Crippen molar-refractivity contribution in [1.29, 1.82) is 0 Å². The van der Waals surface area contributed by atoms with Gasteiger partial charge in [-0.1, -0.05) is 22.9 Å². The molecule has 19 heavy (non-hydrogen) atoms. The summed E-state index contributed by atoms with van der Waals surface area (Å²) in [5.74, 6) is -0.0470. The highest BCUT2D eigenvalue weighted by Gasteiger charge is 2.16. The van der Waals surface area contributed by atoms with E-state index in [0.29, 0.717) is 33.4 Å². The quantitative estimate of drug-likeness (QED) is 0.691. The highest BCUT2D eigenvalue weighted by molar-refractivity contribution is 7.17. The van der Waals surface area contributed by atoms with E-state index in [0.717, 1.165) is 0 Å². The molecule has 0 aliphatic heterocycles. The summed E-state index contributed by atoms with van der Waals surface area (Å²) in [6.07, 6.45) is 1.53. The molecule has 100 valence electrons. The zero-order valence-electron chi connectivity index (χ0n) is 10.3. The van der Waals surface area contributed by atoms with E-state index >= 15 is 0 Å². The summed E-state index contributed by atoms with van der Waals surface area (Å²) in [4.78, 5) is 24.3. The lowest BCUT2D eigenvalue weighted by molar-refractivity contribution is 0.0531. The molecule has 2 aromatic rings. The van der Waals surface area contributed by atoms with Crippen LogP contribution in [0.2, 0.25) is 5.15 Å². The van der Waals surface area contributed by atoms with Crippen molar-refractivity contribution >= 4 is 40.0 Å². The number of aromatic nitrogens is 3. The normalized spacial score (nSPS) is 10.3. The molecule has 0 radical (unpaired) electrons. The third-order valence-corrected chi connectivity index (χ3v) is 3.36. The first-order valence-corrected chi connectivity index (χ1v) is 6.69. The molecule has 0 saturated carbocycles. The molecule has 1 N–H and O–H groups in total. The first-order valence-electron chi connectivity index (χ1n) is 5.50. The van der Waals surface area contributed by atoms with Gasteiger partial charge >= 0.3 is 5.97 Å². The Hall–Kier alpha value is -1.73. The average Bonchev–Trinajstić information content (AvgIpc) is 2.70. The Kier molecular flexibility index (Phi) is 4.28. The molecule has 0 aliphatic carbocycles. The fraction of sp³-hybridized carbons (Fsp3) is 0.273. The topological polar surface area (TPSA) is 77.0 Å². The van der Waals surface area contributed by atoms with Crippen molar-refractivity contribution in [3.63, 3.8) is 0 Å². The van der Waals surface area contributed by atoms with E-state index in [4.69, 9.17) is 16.3 Å². The van der Waals surface area contributed by atoms with Gasteiger partial charge in [0.2, 0.25) is 5.95 Å². The van der Waals surface area contributed by atoms with Gasteiger partial charge in [-0.05, 0) is 19.9 Å². The van der Waals surface area contributed by atoms with E-state index in [1.807, 2.05) is 0 Å². The number of carbonyl (C=O) groups is 1. The predicted octanol–water partition coefficient (Wildman–Crippen LogP) is 2.82. The van der Waals surface area contributed by atoms with Gasteiger partial charge in [-0.25, -0.2) is 19.7 Å². The summed E-state index contributed by atoms with van der Waals surface area (Å²) in [5.41, 5.74) is 0.605. The fourth-order valence-corrected chi connectivity index (χ4v) is 2.32. The van der Waals surface area contributed by atoms with Crippen LogP contribution in [0.5, 0.6) is 0 Å². The molecule has 0 aliphatic rings. The van der Waals surface area contributed by atoms with Gasteiger partial charge in [-0.3, -0.25) is 5.32 Å². The van der Waals surface area contributed by atoms with Gasteiger partial charge in [-0.2, -0.15) is 0 Å². The van der Waals surface area contributed by atoms with Crippen LogP contribution < -0.4 is 5.32 Å². The van der Waals surface area contributed by atoms with Crippen molar-refractivity contribution in [1.82, 2.24) is 15.0 Å². The minimum absolute atomic E-state index is 0.330. The summed E-state index contributed by atoms with van der Waals surface area (Å²) in [7, 11) is 0. The third-order valence-electron chi connectivity index (χ3n) is 2.10. The van der Waals surface area contributed by atoms with Gasteiger partial charge in [0.05, 0.1) is 12.3 Å². The molecule has 2 rings (SSSR count). The minimum atomic E-state index is -0.377. The number of carbonyl (C=O) groups excluding carboxylic acids is 1. The first-order chi connectivity index (χ1) is 9.10. The van der Waals surface area contributed by atoms with Crippen LogP contribution in [0.4, 0.5) is 11.1 Å². The smallest absolute Gasteiger partial charge is 0.350 e. The Morgan fingerprint density at radius 1 is 1.53 bits per heavy atom. The van der Waals surface area contributed by atoms with Gasteiger partial charge < -0.3 is 4.74 Å². The fourth-order valence-electron chi connectivity index (χ4n) is 1.33. The SMILES string of the molecule is CCOC(=O)c1sc(Nc2nccc(Cl)n2)nc1C. The Morgan fingerprint density at radius 3 is 3.00 bits per heavy atom. The lowest BCUT2D eigenvalue weighted by Crippen LogP contribution is -2.03. The maximum atomic E-state index is 11.7. The van der Waals surface area contributed by atoms with Gasteiger partial charge in [0, 0.05) is 6.20 Å². The summed E-state index contributed by atoms with van der Waals surface area (Å²) in [6.45, 7) is 3.83. The first kappa shape index (κ1) is 13.7. The third kappa shape index (κ3) is 3.39. The van der Waals surface area contributed by atoms with Gasteiger partial charge in [0.15, 0.2) is 5.13 Å². The number of anilines is 2. The van der Waals surface area contributed by atoms with Crippen LogP contribution in [0.3, 0.4) is 0 Å². The number of ether oxygens (including phenoxy) is 1. The van der Waals surface area contributed by atoms with Crippen LogP contribution in [0.15, 0.2) is 12.3 Å². The van der Waals surface area contributed by atoms with Crippen LogP contribution in [0, 0.1) is 6.92 Å². The molecule has 0 amide bonds. The van der Waals surface area contributed by atoms with Crippen LogP contribution in [0.25, 0.3) is 0 Å². The number of rotatable bonds is 4. The summed E-state index contributed by atoms with van der Waals surface area (Å²) in [5, 5.41) is 3.74. The van der Waals surface area contributed by atoms with Gasteiger partial charge in [0.1, 0.15) is 10.0 Å². The number of hydrogen-bond donors (Lipinski definition) is 1. The Balaban J connectivity index is 2.18. The minimum Gasteiger partial charge on any atom is -0.462 e. The molecule has 2 aromatic heterocycles. The van der Waals surface area contributed by atoms with E-state index in [9.17, 15) is 4.79 Å². The standard InChI is InChI=1S/C11H11ClN4O2S/c1-3-18-9(17)8-6(2)14-11(19-8)16-10-13-5-4-7(12)15-10/h4-5H,3H2,1-2H3,(H,13,14,15,16). The van der Waals surface area contributed by atoms with Crippen molar-refractivity contribution in [2.24, 2.45) is 0 Å². The van der Waals surface area contributed by atoms with Crippen molar-refractivity contribution in [2.45, 2.75) is 13.8 Å². The molecule has 6 nitrogen and oxygen atoms in total. The Bertz CT molecular complexity index is 602. The highest BCUT2D eigenvalue weighted by atomic mass is 35.5. The van der Waals surface area contributed by atoms with Crippen LogP contribution in [-0.4, -0.2) is 27.5 Å². The summed E-state index contributed by atoms with van der Waals surface area (Å²) in [6, 6.07) is 1.57. The van der Waals surface area contributed by atoms with Crippen molar-refractivity contribution in [2.75, 3.05) is 11.9 Å². The Labute approximate surface area is 118 Å². The molecule has 0 fully saturated rings. The van der Waals surface area contributed by atoms with Gasteiger partial charge in [-0.15, -0.1) is 0 Å². The van der Waals surface area contributed by atoms with E-state index < -0.39 is 0 Å². The number of nitrogens with zero attached hydrogens (tertiary/aromatic N) is 3. The molecule has 0 saturated heterocycles. The van der Waals surface area contributed by atoms with Crippen LogP contribution in [0.1, 0.15) is 22.3 Å². The predicted molar refractivity (Wildman–Crippen MR) is 73.1 cm³/mol. The van der Waals surface area contributed by atoms with Crippen molar-refractivity contribution < 1.29 is 9.53 Å². The lowest BCUT2D eigenvalue weighted by Gasteiger charge is -1.99. The monoisotopic (exact) mass is 298 g/mol. The zero-order chi connectivity index (χ0) is 13.8. The second kappa shape index (κ2) is 5.94. The maximum Gasteiger partial charge on any atom is 0.350 e. The molecule has 0 bridgehead atoms. The van der Waals surface area contributed by atoms with E-state index in [1.54, 1.807) is 19.9 Å². The second-order valence-corrected chi connectivity index (χ2v) is 4.87. The molecule has 2 heterocycles. The Morgan fingerprint density at radius 2 is 2.32 bits per heavy atom. The van der Waals surface area contributed by atoms with E-state index in [-0.39, 0.29) is 5.97 Å². The number of hydrogen-bond acceptors (Lipinski definition) is 7. The number of aryl methyl sites for hydroxylation is 1. The van der Waals surface area contributed by atoms with Gasteiger partial charge in [0.25, 0.3) is 0 Å². The summed E-state index contributed by atoms with van der Waals surface area (Å²) < 4.78 is 4.94. The molecule has 8 heteroatoms. The van der Waals surface area contributed by atoms with Crippen molar-refractivity contribution in [3.8, 4) is 0 Å². The highest BCUT2D eigenvalue weighted by Crippen LogP contribution is 2.25. The number of thiazole rings is 1. The number of esters is 1.